The quantitative estimate of drug-likeness (QED) is 0.861. The molecule has 0 spiro atoms. The molecule has 4 nitrogen and oxygen atoms in total. The summed E-state index contributed by atoms with van der Waals surface area (Å²) in [6, 6.07) is 5.34. The Morgan fingerprint density at radius 3 is 2.61 bits per heavy atom. The van der Waals surface area contributed by atoms with Crippen LogP contribution in [-0.2, 0) is 16.1 Å². The molecule has 0 heterocycles. The van der Waals surface area contributed by atoms with Crippen molar-refractivity contribution in [1.29, 1.82) is 0 Å². The average molecular weight is 335 g/mol. The monoisotopic (exact) mass is 333 g/mol. The summed E-state index contributed by atoms with van der Waals surface area (Å²) in [5, 5.41) is 9.31. The molecule has 0 radical (unpaired) electrons. The molecule has 1 aromatic rings. The molecule has 6 heteroatoms. The van der Waals surface area contributed by atoms with Crippen LogP contribution in [0, 0.1) is 5.92 Å². The molecule has 0 saturated carbocycles. The molecule has 0 aliphatic heterocycles. The fourth-order valence-electron chi connectivity index (χ4n) is 1.42. The zero-order chi connectivity index (χ0) is 13.9. The number of aliphatic carboxylic acids is 1. The number of benzene rings is 1. The van der Waals surface area contributed by atoms with Gasteiger partial charge < -0.3 is 10.0 Å². The Labute approximate surface area is 119 Å². The van der Waals surface area contributed by atoms with Gasteiger partial charge in [0.1, 0.15) is 5.92 Å². The predicted octanol–water partition coefficient (Wildman–Crippen LogP) is 2.78. The highest BCUT2D eigenvalue weighted by Crippen LogP contribution is 2.22. The minimum absolute atomic E-state index is 0.280. The number of nitrogens with zero attached hydrogens (tertiary/aromatic N) is 1. The van der Waals surface area contributed by atoms with Crippen LogP contribution in [0.3, 0.4) is 0 Å². The Balaban J connectivity index is 2.78. The summed E-state index contributed by atoms with van der Waals surface area (Å²) in [6.07, 6.45) is 0. The molecular formula is C12H13BrClNO3. The molecule has 0 aromatic heterocycles. The molecular weight excluding hydrogens is 321 g/mol. The number of carboxylic acids is 1. The van der Waals surface area contributed by atoms with Crippen LogP contribution in [0.2, 0.25) is 5.02 Å². The normalized spacial score (nSPS) is 12.0. The number of carboxylic acid groups (broad SMARTS) is 1. The number of halogens is 2. The Hall–Kier alpha value is -1.07. The minimum atomic E-state index is -1.13. The van der Waals surface area contributed by atoms with Gasteiger partial charge in [-0.15, -0.1) is 0 Å². The Bertz CT molecular complexity index is 478. The van der Waals surface area contributed by atoms with E-state index < -0.39 is 17.8 Å². The van der Waals surface area contributed by atoms with E-state index in [0.717, 1.165) is 10.0 Å². The molecule has 0 fully saturated rings. The van der Waals surface area contributed by atoms with Gasteiger partial charge in [-0.3, -0.25) is 9.59 Å². The second-order valence-electron chi connectivity index (χ2n) is 3.99. The largest absolute Gasteiger partial charge is 0.481 e. The highest BCUT2D eigenvalue weighted by atomic mass is 79.9. The topological polar surface area (TPSA) is 57.6 Å². The summed E-state index contributed by atoms with van der Waals surface area (Å²) in [7, 11) is 1.56. The van der Waals surface area contributed by atoms with E-state index in [2.05, 4.69) is 15.9 Å². The second kappa shape index (κ2) is 6.20. The van der Waals surface area contributed by atoms with Gasteiger partial charge in [-0.25, -0.2) is 0 Å². The SMILES string of the molecule is CC(C(=O)O)C(=O)N(C)Cc1ccc(Br)cc1Cl. The highest BCUT2D eigenvalue weighted by molar-refractivity contribution is 9.10. The fourth-order valence-corrected chi connectivity index (χ4v) is 2.15. The van der Waals surface area contributed by atoms with Crippen LogP contribution in [0.1, 0.15) is 12.5 Å². The van der Waals surface area contributed by atoms with E-state index in [1.807, 2.05) is 6.07 Å². The van der Waals surface area contributed by atoms with Gasteiger partial charge in [0.2, 0.25) is 5.91 Å². The molecule has 0 saturated heterocycles. The van der Waals surface area contributed by atoms with Crippen molar-refractivity contribution in [3.8, 4) is 0 Å². The molecule has 1 atom stereocenters. The lowest BCUT2D eigenvalue weighted by Crippen LogP contribution is -2.35. The Kier molecular flexibility index (Phi) is 5.16. The fraction of sp³-hybridized carbons (Fsp3) is 0.333. The van der Waals surface area contributed by atoms with Crippen molar-refractivity contribution >= 4 is 39.4 Å². The Morgan fingerprint density at radius 1 is 1.50 bits per heavy atom. The maximum Gasteiger partial charge on any atom is 0.315 e. The summed E-state index contributed by atoms with van der Waals surface area (Å²) in [6.45, 7) is 1.65. The van der Waals surface area contributed by atoms with Crippen molar-refractivity contribution in [1.82, 2.24) is 4.90 Å². The van der Waals surface area contributed by atoms with Gasteiger partial charge in [-0.05, 0) is 24.6 Å². The molecule has 0 aliphatic carbocycles. The van der Waals surface area contributed by atoms with Crippen molar-refractivity contribution in [2.24, 2.45) is 5.92 Å². The standard InChI is InChI=1S/C12H13BrClNO3/c1-7(12(17)18)11(16)15(2)6-8-3-4-9(13)5-10(8)14/h3-5,7H,6H2,1-2H3,(H,17,18). The third-order valence-electron chi connectivity index (χ3n) is 2.54. The van der Waals surface area contributed by atoms with E-state index in [1.54, 1.807) is 19.2 Å². The van der Waals surface area contributed by atoms with Gasteiger partial charge in [0.05, 0.1) is 0 Å². The highest BCUT2D eigenvalue weighted by Gasteiger charge is 2.24. The molecule has 0 bridgehead atoms. The summed E-state index contributed by atoms with van der Waals surface area (Å²) >= 11 is 9.33. The maximum absolute atomic E-state index is 11.8. The lowest BCUT2D eigenvalue weighted by Gasteiger charge is -2.20. The molecule has 98 valence electrons. The number of amides is 1. The number of carbonyl (C=O) groups excluding carboxylic acids is 1. The minimum Gasteiger partial charge on any atom is -0.481 e. The average Bonchev–Trinajstić information content (AvgIpc) is 2.30. The first kappa shape index (κ1) is 15.0. The summed E-state index contributed by atoms with van der Waals surface area (Å²) in [4.78, 5) is 23.8. The van der Waals surface area contributed by atoms with Gasteiger partial charge in [0.15, 0.2) is 0 Å². The maximum atomic E-state index is 11.8. The van der Waals surface area contributed by atoms with Crippen molar-refractivity contribution in [3.63, 3.8) is 0 Å². The molecule has 1 aromatic carbocycles. The molecule has 18 heavy (non-hydrogen) atoms. The zero-order valence-electron chi connectivity index (χ0n) is 9.98. The van der Waals surface area contributed by atoms with Crippen molar-refractivity contribution in [3.05, 3.63) is 33.3 Å². The van der Waals surface area contributed by atoms with E-state index in [1.165, 1.54) is 11.8 Å². The third kappa shape index (κ3) is 3.71. The van der Waals surface area contributed by atoms with Gasteiger partial charge in [-0.1, -0.05) is 33.6 Å². The second-order valence-corrected chi connectivity index (χ2v) is 5.31. The van der Waals surface area contributed by atoms with Crippen LogP contribution < -0.4 is 0 Å². The first-order chi connectivity index (χ1) is 8.32. The number of carbonyl (C=O) groups is 2. The summed E-state index contributed by atoms with van der Waals surface area (Å²) in [5.74, 6) is -2.63. The summed E-state index contributed by atoms with van der Waals surface area (Å²) < 4.78 is 0.851. The van der Waals surface area contributed by atoms with Gasteiger partial charge in [-0.2, -0.15) is 0 Å². The molecule has 1 N–H and O–H groups in total. The van der Waals surface area contributed by atoms with Crippen molar-refractivity contribution in [2.75, 3.05) is 7.05 Å². The number of hydrogen-bond donors (Lipinski definition) is 1. The van der Waals surface area contributed by atoms with Gasteiger partial charge >= 0.3 is 5.97 Å². The lowest BCUT2D eigenvalue weighted by molar-refractivity contribution is -0.149. The first-order valence-corrected chi connectivity index (χ1v) is 6.41. The van der Waals surface area contributed by atoms with E-state index in [4.69, 9.17) is 16.7 Å². The van der Waals surface area contributed by atoms with E-state index in [9.17, 15) is 9.59 Å². The van der Waals surface area contributed by atoms with Gasteiger partial charge in [0, 0.05) is 23.1 Å². The molecule has 0 aliphatic rings. The zero-order valence-corrected chi connectivity index (χ0v) is 12.3. The van der Waals surface area contributed by atoms with E-state index >= 15 is 0 Å². The van der Waals surface area contributed by atoms with E-state index in [0.29, 0.717) is 5.02 Å². The Morgan fingerprint density at radius 2 is 2.11 bits per heavy atom. The van der Waals surface area contributed by atoms with Crippen LogP contribution in [0.4, 0.5) is 0 Å². The van der Waals surface area contributed by atoms with Crippen LogP contribution in [-0.4, -0.2) is 28.9 Å². The van der Waals surface area contributed by atoms with Crippen LogP contribution in [0.25, 0.3) is 0 Å². The number of hydrogen-bond acceptors (Lipinski definition) is 2. The van der Waals surface area contributed by atoms with Crippen LogP contribution >= 0.6 is 27.5 Å². The van der Waals surface area contributed by atoms with Crippen LogP contribution in [0.15, 0.2) is 22.7 Å². The third-order valence-corrected chi connectivity index (χ3v) is 3.38. The van der Waals surface area contributed by atoms with Crippen molar-refractivity contribution < 1.29 is 14.7 Å². The van der Waals surface area contributed by atoms with Crippen LogP contribution in [0.5, 0.6) is 0 Å². The van der Waals surface area contributed by atoms with Crippen molar-refractivity contribution in [2.45, 2.75) is 13.5 Å². The summed E-state index contributed by atoms with van der Waals surface area (Å²) in [5.41, 5.74) is 0.772. The molecule has 1 amide bonds. The smallest absolute Gasteiger partial charge is 0.315 e. The predicted molar refractivity (Wildman–Crippen MR) is 72.4 cm³/mol. The first-order valence-electron chi connectivity index (χ1n) is 5.24. The van der Waals surface area contributed by atoms with E-state index in [-0.39, 0.29) is 6.54 Å². The number of rotatable bonds is 4. The molecule has 1 unspecified atom stereocenters. The van der Waals surface area contributed by atoms with Gasteiger partial charge in [0.25, 0.3) is 0 Å². The lowest BCUT2D eigenvalue weighted by atomic mass is 10.1. The molecule has 1 rings (SSSR count).